The highest BCUT2D eigenvalue weighted by Gasteiger charge is 2.45. The van der Waals surface area contributed by atoms with Crippen LogP contribution in [0.25, 0.3) is 0 Å². The number of carbonyl (C=O) groups is 2. The summed E-state index contributed by atoms with van der Waals surface area (Å²) in [6.45, 7) is 9.72. The van der Waals surface area contributed by atoms with Gasteiger partial charge in [-0.05, 0) is 64.8 Å². The number of hydrogen-bond donors (Lipinski definition) is 1. The minimum atomic E-state index is -0.900. The van der Waals surface area contributed by atoms with E-state index in [2.05, 4.69) is 17.1 Å². The Labute approximate surface area is 144 Å². The Morgan fingerprint density at radius 2 is 1.88 bits per heavy atom. The predicted octanol–water partition coefficient (Wildman–Crippen LogP) is 2.87. The minimum Gasteiger partial charge on any atom is -0.322 e. The molecule has 0 bridgehead atoms. The Morgan fingerprint density at radius 1 is 1.25 bits per heavy atom. The summed E-state index contributed by atoms with van der Waals surface area (Å²) < 4.78 is 0. The molecule has 0 aliphatic carbocycles. The number of nitrogens with one attached hydrogen (secondary N) is 1. The molecule has 0 spiro atoms. The van der Waals surface area contributed by atoms with Gasteiger partial charge in [0.2, 0.25) is 11.8 Å². The Kier molecular flexibility index (Phi) is 4.38. The van der Waals surface area contributed by atoms with Gasteiger partial charge in [0.15, 0.2) is 0 Å². The SMILES string of the molecule is CC1CCN([C@@H](C)C(=O)N2c3ccccc3NC(=O)C2(C)C)CC1. The van der Waals surface area contributed by atoms with Crippen LogP contribution in [0.3, 0.4) is 0 Å². The van der Waals surface area contributed by atoms with E-state index >= 15 is 0 Å². The summed E-state index contributed by atoms with van der Waals surface area (Å²) in [5.74, 6) is 0.576. The summed E-state index contributed by atoms with van der Waals surface area (Å²) in [6, 6.07) is 7.29. The Morgan fingerprint density at radius 3 is 2.54 bits per heavy atom. The molecule has 5 heteroatoms. The van der Waals surface area contributed by atoms with Crippen molar-refractivity contribution >= 4 is 23.2 Å². The van der Waals surface area contributed by atoms with E-state index < -0.39 is 5.54 Å². The number of rotatable bonds is 2. The van der Waals surface area contributed by atoms with Crippen LogP contribution in [0.2, 0.25) is 0 Å². The zero-order valence-corrected chi connectivity index (χ0v) is 15.0. The highest BCUT2D eigenvalue weighted by atomic mass is 16.2. The number of hydrogen-bond acceptors (Lipinski definition) is 3. The zero-order valence-electron chi connectivity index (χ0n) is 15.0. The van der Waals surface area contributed by atoms with Gasteiger partial charge in [-0.15, -0.1) is 0 Å². The van der Waals surface area contributed by atoms with Crippen molar-refractivity contribution in [2.75, 3.05) is 23.3 Å². The number of carbonyl (C=O) groups excluding carboxylic acids is 2. The molecule has 1 aromatic carbocycles. The van der Waals surface area contributed by atoms with E-state index in [1.165, 1.54) is 0 Å². The first kappa shape index (κ1) is 17.0. The Hall–Kier alpha value is -1.88. The molecule has 0 aromatic heterocycles. The van der Waals surface area contributed by atoms with Crippen LogP contribution < -0.4 is 10.2 Å². The van der Waals surface area contributed by atoms with Crippen LogP contribution in [0.5, 0.6) is 0 Å². The van der Waals surface area contributed by atoms with Crippen LogP contribution >= 0.6 is 0 Å². The van der Waals surface area contributed by atoms with Crippen LogP contribution in [-0.4, -0.2) is 41.4 Å². The summed E-state index contributed by atoms with van der Waals surface area (Å²) in [6.07, 6.45) is 2.25. The van der Waals surface area contributed by atoms with E-state index in [1.807, 2.05) is 31.2 Å². The van der Waals surface area contributed by atoms with E-state index in [0.717, 1.165) is 37.5 Å². The van der Waals surface area contributed by atoms with Crippen molar-refractivity contribution in [2.24, 2.45) is 5.92 Å². The van der Waals surface area contributed by atoms with Crippen LogP contribution in [-0.2, 0) is 9.59 Å². The number of nitrogens with zero attached hydrogens (tertiary/aromatic N) is 2. The van der Waals surface area contributed by atoms with Crippen molar-refractivity contribution < 1.29 is 9.59 Å². The molecule has 1 aromatic rings. The number of likely N-dealkylation sites (tertiary alicyclic amines) is 1. The van der Waals surface area contributed by atoms with Gasteiger partial charge in [0.25, 0.3) is 0 Å². The molecule has 1 fully saturated rings. The first-order valence-corrected chi connectivity index (χ1v) is 8.81. The molecule has 2 amide bonds. The number of amides is 2. The lowest BCUT2D eigenvalue weighted by Gasteiger charge is -2.45. The third kappa shape index (κ3) is 2.81. The fourth-order valence-corrected chi connectivity index (χ4v) is 3.61. The van der Waals surface area contributed by atoms with Crippen LogP contribution in [0.1, 0.15) is 40.5 Å². The average Bonchev–Trinajstić information content (AvgIpc) is 2.55. The lowest BCUT2D eigenvalue weighted by Crippen LogP contribution is -2.62. The van der Waals surface area contributed by atoms with Crippen LogP contribution in [0, 0.1) is 5.92 Å². The average molecular weight is 329 g/mol. The molecule has 3 rings (SSSR count). The lowest BCUT2D eigenvalue weighted by molar-refractivity contribution is -0.129. The second-order valence-corrected chi connectivity index (χ2v) is 7.60. The molecule has 2 aliphatic heterocycles. The summed E-state index contributed by atoms with van der Waals surface area (Å²) >= 11 is 0. The van der Waals surface area contributed by atoms with Crippen molar-refractivity contribution in [3.63, 3.8) is 0 Å². The van der Waals surface area contributed by atoms with Gasteiger partial charge in [0, 0.05) is 0 Å². The van der Waals surface area contributed by atoms with Crippen molar-refractivity contribution in [2.45, 2.75) is 52.1 Å². The van der Waals surface area contributed by atoms with E-state index in [0.29, 0.717) is 5.69 Å². The quantitative estimate of drug-likeness (QED) is 0.908. The van der Waals surface area contributed by atoms with Crippen molar-refractivity contribution in [1.82, 2.24) is 4.90 Å². The number of benzene rings is 1. The molecule has 0 radical (unpaired) electrons. The predicted molar refractivity (Wildman–Crippen MR) is 96.1 cm³/mol. The second kappa shape index (κ2) is 6.20. The van der Waals surface area contributed by atoms with Gasteiger partial charge in [-0.2, -0.15) is 0 Å². The van der Waals surface area contributed by atoms with Crippen molar-refractivity contribution in [3.05, 3.63) is 24.3 Å². The number of anilines is 2. The van der Waals surface area contributed by atoms with E-state index in [-0.39, 0.29) is 17.9 Å². The maximum absolute atomic E-state index is 13.3. The highest BCUT2D eigenvalue weighted by Crippen LogP contribution is 2.37. The zero-order chi connectivity index (χ0) is 17.5. The first-order valence-electron chi connectivity index (χ1n) is 8.81. The Bertz CT molecular complexity index is 648. The number of para-hydroxylation sites is 2. The molecule has 5 nitrogen and oxygen atoms in total. The number of piperidine rings is 1. The molecule has 2 aliphatic rings. The molecule has 1 saturated heterocycles. The standard InChI is InChI=1S/C19H27N3O2/c1-13-9-11-21(12-10-13)14(2)17(23)22-16-8-6-5-7-15(16)20-18(24)19(22,3)4/h5-8,13-14H,9-12H2,1-4H3,(H,20,24)/t14-/m0/s1. The summed E-state index contributed by atoms with van der Waals surface area (Å²) in [5, 5.41) is 2.91. The fraction of sp³-hybridized carbons (Fsp3) is 0.579. The largest absolute Gasteiger partial charge is 0.322 e. The monoisotopic (exact) mass is 329 g/mol. The Balaban J connectivity index is 1.91. The smallest absolute Gasteiger partial charge is 0.250 e. The van der Waals surface area contributed by atoms with E-state index in [1.54, 1.807) is 18.7 Å². The highest BCUT2D eigenvalue weighted by molar-refractivity contribution is 6.15. The molecular weight excluding hydrogens is 302 g/mol. The normalized spacial score (nSPS) is 22.7. The lowest BCUT2D eigenvalue weighted by atomic mass is 9.94. The van der Waals surface area contributed by atoms with Gasteiger partial charge < -0.3 is 5.32 Å². The first-order chi connectivity index (χ1) is 11.3. The molecule has 0 unspecified atom stereocenters. The van der Waals surface area contributed by atoms with E-state index in [9.17, 15) is 9.59 Å². The second-order valence-electron chi connectivity index (χ2n) is 7.60. The van der Waals surface area contributed by atoms with Crippen molar-refractivity contribution in [3.8, 4) is 0 Å². The molecule has 0 saturated carbocycles. The van der Waals surface area contributed by atoms with Gasteiger partial charge in [-0.1, -0.05) is 19.1 Å². The van der Waals surface area contributed by atoms with Gasteiger partial charge >= 0.3 is 0 Å². The maximum Gasteiger partial charge on any atom is 0.250 e. The molecule has 2 heterocycles. The van der Waals surface area contributed by atoms with Crippen LogP contribution in [0.4, 0.5) is 11.4 Å². The molecule has 24 heavy (non-hydrogen) atoms. The third-order valence-electron chi connectivity index (χ3n) is 5.45. The molecule has 1 atom stereocenters. The summed E-state index contributed by atoms with van der Waals surface area (Å²) in [7, 11) is 0. The van der Waals surface area contributed by atoms with Gasteiger partial charge in [0.05, 0.1) is 17.4 Å². The van der Waals surface area contributed by atoms with Gasteiger partial charge in [-0.3, -0.25) is 19.4 Å². The van der Waals surface area contributed by atoms with Gasteiger partial charge in [-0.25, -0.2) is 0 Å². The topological polar surface area (TPSA) is 52.7 Å². The van der Waals surface area contributed by atoms with E-state index in [4.69, 9.17) is 0 Å². The minimum absolute atomic E-state index is 0.00291. The fourth-order valence-electron chi connectivity index (χ4n) is 3.61. The molecular formula is C19H27N3O2. The van der Waals surface area contributed by atoms with Crippen molar-refractivity contribution in [1.29, 1.82) is 0 Å². The third-order valence-corrected chi connectivity index (χ3v) is 5.45. The number of fused-ring (bicyclic) bond motifs is 1. The summed E-state index contributed by atoms with van der Waals surface area (Å²) in [5.41, 5.74) is 0.585. The molecule has 1 N–H and O–H groups in total. The summed E-state index contributed by atoms with van der Waals surface area (Å²) in [4.78, 5) is 29.8. The van der Waals surface area contributed by atoms with Crippen LogP contribution in [0.15, 0.2) is 24.3 Å². The molecule has 130 valence electrons. The maximum atomic E-state index is 13.3. The van der Waals surface area contributed by atoms with Gasteiger partial charge in [0.1, 0.15) is 5.54 Å².